The van der Waals surface area contributed by atoms with Crippen LogP contribution in [0.2, 0.25) is 0 Å². The van der Waals surface area contributed by atoms with Crippen molar-refractivity contribution in [3.05, 3.63) is 70.0 Å². The summed E-state index contributed by atoms with van der Waals surface area (Å²) >= 11 is 3.38. The number of halogens is 2. The zero-order chi connectivity index (χ0) is 14.5. The fourth-order valence-electron chi connectivity index (χ4n) is 1.70. The average molecular weight is 335 g/mol. The molecule has 0 N–H and O–H groups in total. The largest absolute Gasteiger partial charge is 0.496 e. The molecular weight excluding hydrogens is 323 g/mol. The van der Waals surface area contributed by atoms with Crippen LogP contribution in [0.3, 0.4) is 0 Å². The number of hydrogen-bond acceptors (Lipinski definition) is 2. The molecule has 0 radical (unpaired) electrons. The predicted molar refractivity (Wildman–Crippen MR) is 80.5 cm³/mol. The summed E-state index contributed by atoms with van der Waals surface area (Å²) in [5.41, 5.74) is 1.18. The molecule has 102 valence electrons. The van der Waals surface area contributed by atoms with E-state index in [1.54, 1.807) is 25.3 Å². The predicted octanol–water partition coefficient (Wildman–Crippen LogP) is 4.49. The normalized spacial score (nSPS) is 10.8. The van der Waals surface area contributed by atoms with Crippen LogP contribution in [-0.2, 0) is 0 Å². The Morgan fingerprint density at radius 1 is 1.25 bits per heavy atom. The summed E-state index contributed by atoms with van der Waals surface area (Å²) in [6.07, 6.45) is 3.10. The zero-order valence-corrected chi connectivity index (χ0v) is 12.4. The summed E-state index contributed by atoms with van der Waals surface area (Å²) in [5, 5.41) is 0. The molecule has 0 atom stereocenters. The molecule has 2 rings (SSSR count). The van der Waals surface area contributed by atoms with E-state index in [1.165, 1.54) is 24.3 Å². The van der Waals surface area contributed by atoms with Crippen LogP contribution in [-0.4, -0.2) is 12.9 Å². The topological polar surface area (TPSA) is 26.3 Å². The molecule has 0 amide bonds. The first-order chi connectivity index (χ1) is 9.60. The van der Waals surface area contributed by atoms with Crippen molar-refractivity contribution < 1.29 is 13.9 Å². The van der Waals surface area contributed by atoms with Gasteiger partial charge in [-0.1, -0.05) is 24.3 Å². The van der Waals surface area contributed by atoms with Crippen LogP contribution in [0.1, 0.15) is 15.9 Å². The quantitative estimate of drug-likeness (QED) is 0.608. The van der Waals surface area contributed by atoms with Crippen molar-refractivity contribution in [3.63, 3.8) is 0 Å². The summed E-state index contributed by atoms with van der Waals surface area (Å²) in [6.45, 7) is 0. The first-order valence-corrected chi connectivity index (χ1v) is 6.71. The van der Waals surface area contributed by atoms with Crippen molar-refractivity contribution >= 4 is 27.8 Å². The second kappa shape index (κ2) is 6.48. The molecule has 0 aliphatic heterocycles. The van der Waals surface area contributed by atoms with Gasteiger partial charge in [-0.3, -0.25) is 4.79 Å². The second-order valence-electron chi connectivity index (χ2n) is 4.10. The Kier molecular flexibility index (Phi) is 4.69. The van der Waals surface area contributed by atoms with Crippen LogP contribution in [0, 0.1) is 5.82 Å². The van der Waals surface area contributed by atoms with Gasteiger partial charge in [-0.15, -0.1) is 0 Å². The monoisotopic (exact) mass is 334 g/mol. The zero-order valence-electron chi connectivity index (χ0n) is 10.8. The summed E-state index contributed by atoms with van der Waals surface area (Å²) in [4.78, 5) is 11.9. The molecule has 4 heteroatoms. The Labute approximate surface area is 125 Å². The minimum absolute atomic E-state index is 0.239. The van der Waals surface area contributed by atoms with Gasteiger partial charge in [-0.2, -0.15) is 0 Å². The van der Waals surface area contributed by atoms with Gasteiger partial charge in [-0.05, 0) is 51.8 Å². The van der Waals surface area contributed by atoms with E-state index in [0.29, 0.717) is 5.56 Å². The van der Waals surface area contributed by atoms with Crippen molar-refractivity contribution in [3.8, 4) is 5.75 Å². The number of benzene rings is 2. The lowest BCUT2D eigenvalue weighted by Gasteiger charge is -2.03. The van der Waals surface area contributed by atoms with Crippen LogP contribution in [0.15, 0.2) is 53.0 Å². The summed E-state index contributed by atoms with van der Waals surface area (Å²) in [6, 6.07) is 11.1. The Morgan fingerprint density at radius 3 is 2.70 bits per heavy atom. The van der Waals surface area contributed by atoms with E-state index in [-0.39, 0.29) is 5.78 Å². The maximum atomic E-state index is 13.0. The molecule has 0 saturated carbocycles. The molecule has 0 saturated heterocycles. The molecule has 2 aromatic carbocycles. The van der Waals surface area contributed by atoms with Gasteiger partial charge in [0.2, 0.25) is 0 Å². The van der Waals surface area contributed by atoms with Gasteiger partial charge in [0, 0.05) is 5.56 Å². The fraction of sp³-hybridized carbons (Fsp3) is 0.0625. The van der Waals surface area contributed by atoms with Crippen molar-refractivity contribution in [1.29, 1.82) is 0 Å². The van der Waals surface area contributed by atoms with Crippen LogP contribution in [0.5, 0.6) is 5.75 Å². The molecule has 0 fully saturated rings. The molecule has 0 aliphatic carbocycles. The highest BCUT2D eigenvalue weighted by atomic mass is 79.9. The minimum atomic E-state index is -0.420. The van der Waals surface area contributed by atoms with E-state index in [1.807, 2.05) is 12.1 Å². The minimum Gasteiger partial charge on any atom is -0.496 e. The highest BCUT2D eigenvalue weighted by Gasteiger charge is 2.03. The van der Waals surface area contributed by atoms with Crippen molar-refractivity contribution in [2.75, 3.05) is 7.11 Å². The number of carbonyl (C=O) groups is 1. The van der Waals surface area contributed by atoms with E-state index in [9.17, 15) is 9.18 Å². The van der Waals surface area contributed by atoms with Crippen LogP contribution >= 0.6 is 15.9 Å². The number of rotatable bonds is 4. The smallest absolute Gasteiger partial charge is 0.185 e. The van der Waals surface area contributed by atoms with Gasteiger partial charge < -0.3 is 4.74 Å². The third-order valence-corrected chi connectivity index (χ3v) is 3.33. The lowest BCUT2D eigenvalue weighted by Crippen LogP contribution is -1.94. The molecule has 0 aromatic heterocycles. The Morgan fingerprint density at radius 2 is 2.05 bits per heavy atom. The third kappa shape index (κ3) is 3.54. The molecule has 2 nitrogen and oxygen atoms in total. The van der Waals surface area contributed by atoms with Crippen molar-refractivity contribution in [2.45, 2.75) is 0 Å². The van der Waals surface area contributed by atoms with Gasteiger partial charge in [0.25, 0.3) is 0 Å². The van der Waals surface area contributed by atoms with Crippen molar-refractivity contribution in [1.82, 2.24) is 0 Å². The number of ketones is 1. The highest BCUT2D eigenvalue weighted by molar-refractivity contribution is 9.10. The SMILES string of the molecule is COc1ccc(/C=C/C(=O)c2cccc(F)c2)cc1Br. The van der Waals surface area contributed by atoms with Crippen LogP contribution < -0.4 is 4.74 Å². The maximum Gasteiger partial charge on any atom is 0.185 e. The fourth-order valence-corrected chi connectivity index (χ4v) is 2.25. The standard InChI is InChI=1S/C16H12BrFO2/c1-20-16-8-6-11(9-14(16)17)5-7-15(19)12-3-2-4-13(18)10-12/h2-10H,1H3/b7-5+. The molecule has 20 heavy (non-hydrogen) atoms. The van der Waals surface area contributed by atoms with E-state index in [4.69, 9.17) is 4.74 Å². The summed E-state index contributed by atoms with van der Waals surface area (Å²) in [5.74, 6) is 0.0616. The van der Waals surface area contributed by atoms with E-state index in [0.717, 1.165) is 15.8 Å². The molecule has 0 unspecified atom stereocenters. The third-order valence-electron chi connectivity index (χ3n) is 2.71. The number of ether oxygens (including phenoxy) is 1. The van der Waals surface area contributed by atoms with Crippen molar-refractivity contribution in [2.24, 2.45) is 0 Å². The van der Waals surface area contributed by atoms with Gasteiger partial charge in [0.1, 0.15) is 11.6 Å². The maximum absolute atomic E-state index is 13.0. The molecule has 0 bridgehead atoms. The average Bonchev–Trinajstić information content (AvgIpc) is 2.45. The number of methoxy groups -OCH3 is 1. The number of carbonyl (C=O) groups excluding carboxylic acids is 1. The van der Waals surface area contributed by atoms with Gasteiger partial charge >= 0.3 is 0 Å². The number of hydrogen-bond donors (Lipinski definition) is 0. The van der Waals surface area contributed by atoms with Crippen LogP contribution in [0.4, 0.5) is 4.39 Å². The lowest BCUT2D eigenvalue weighted by atomic mass is 10.1. The van der Waals surface area contributed by atoms with E-state index >= 15 is 0 Å². The summed E-state index contributed by atoms with van der Waals surface area (Å²) in [7, 11) is 1.59. The van der Waals surface area contributed by atoms with Crippen LogP contribution in [0.25, 0.3) is 6.08 Å². The van der Waals surface area contributed by atoms with E-state index in [2.05, 4.69) is 15.9 Å². The molecule has 0 spiro atoms. The number of allylic oxidation sites excluding steroid dienone is 1. The first-order valence-electron chi connectivity index (χ1n) is 5.91. The Bertz CT molecular complexity index is 665. The molecule has 2 aromatic rings. The first kappa shape index (κ1) is 14.5. The van der Waals surface area contributed by atoms with Gasteiger partial charge in [0.05, 0.1) is 11.6 Å². The Hall–Kier alpha value is -1.94. The summed E-state index contributed by atoms with van der Waals surface area (Å²) < 4.78 is 19.0. The highest BCUT2D eigenvalue weighted by Crippen LogP contribution is 2.26. The van der Waals surface area contributed by atoms with Gasteiger partial charge in [-0.25, -0.2) is 4.39 Å². The van der Waals surface area contributed by atoms with Gasteiger partial charge in [0.15, 0.2) is 5.78 Å². The lowest BCUT2D eigenvalue weighted by molar-refractivity contribution is 0.104. The van der Waals surface area contributed by atoms with E-state index < -0.39 is 5.82 Å². The molecular formula is C16H12BrFO2. The second-order valence-corrected chi connectivity index (χ2v) is 4.96. The molecule has 0 heterocycles. The Balaban J connectivity index is 2.17. The molecule has 0 aliphatic rings.